The molecule has 3 heteroatoms. The van der Waals surface area contributed by atoms with Crippen LogP contribution in [0.25, 0.3) is 0 Å². The van der Waals surface area contributed by atoms with E-state index >= 15 is 0 Å². The normalized spacial score (nSPS) is 13.1. The van der Waals surface area contributed by atoms with Gasteiger partial charge in [0.15, 0.2) is 0 Å². The highest BCUT2D eigenvalue weighted by molar-refractivity contribution is 9.10. The van der Waals surface area contributed by atoms with Crippen LogP contribution in [0.2, 0.25) is 0 Å². The van der Waals surface area contributed by atoms with Crippen LogP contribution >= 0.6 is 15.9 Å². The van der Waals surface area contributed by atoms with Crippen LogP contribution in [0.1, 0.15) is 19.4 Å². The summed E-state index contributed by atoms with van der Waals surface area (Å²) in [6.07, 6.45) is 0.354. The van der Waals surface area contributed by atoms with Gasteiger partial charge in [-0.3, -0.25) is 0 Å². The van der Waals surface area contributed by atoms with Gasteiger partial charge in [-0.1, -0.05) is 48.0 Å². The molecule has 1 aromatic carbocycles. The van der Waals surface area contributed by atoms with E-state index in [9.17, 15) is 5.11 Å². The average Bonchev–Trinajstić information content (AvgIpc) is 2.18. The van der Waals surface area contributed by atoms with E-state index in [1.165, 1.54) is 0 Å². The smallest absolute Gasteiger partial charge is 0.0705 e. The number of hydrogen-bond acceptors (Lipinski definition) is 2. The first-order chi connectivity index (χ1) is 7.09. The van der Waals surface area contributed by atoms with Crippen molar-refractivity contribution < 1.29 is 5.11 Å². The number of aliphatic hydroxyl groups excluding tert-OH is 1. The highest BCUT2D eigenvalue weighted by Gasteiger charge is 2.07. The summed E-state index contributed by atoms with van der Waals surface area (Å²) in [6, 6.07) is 8.41. The van der Waals surface area contributed by atoms with Gasteiger partial charge in [-0.15, -0.1) is 0 Å². The molecule has 0 bridgehead atoms. The monoisotopic (exact) mass is 271 g/mol. The zero-order valence-corrected chi connectivity index (χ0v) is 10.8. The molecule has 1 aromatic rings. The van der Waals surface area contributed by atoms with Crippen molar-refractivity contribution in [1.82, 2.24) is 5.32 Å². The molecular formula is C12H18BrNO. The number of rotatable bonds is 5. The first-order valence-electron chi connectivity index (χ1n) is 5.24. The first-order valence-corrected chi connectivity index (χ1v) is 6.03. The summed E-state index contributed by atoms with van der Waals surface area (Å²) in [5, 5.41) is 13.0. The van der Waals surface area contributed by atoms with Gasteiger partial charge in [-0.25, -0.2) is 0 Å². The minimum Gasteiger partial charge on any atom is -0.391 e. The van der Waals surface area contributed by atoms with Gasteiger partial charge in [0, 0.05) is 23.5 Å². The molecule has 0 aromatic heterocycles. The van der Waals surface area contributed by atoms with Crippen LogP contribution in [-0.4, -0.2) is 23.8 Å². The molecule has 0 saturated heterocycles. The molecule has 0 aliphatic carbocycles. The zero-order valence-electron chi connectivity index (χ0n) is 9.20. The summed E-state index contributed by atoms with van der Waals surface area (Å²) in [4.78, 5) is 0. The van der Waals surface area contributed by atoms with Gasteiger partial charge in [0.05, 0.1) is 6.10 Å². The lowest BCUT2D eigenvalue weighted by atomic mass is 10.1. The lowest BCUT2D eigenvalue weighted by molar-refractivity contribution is 0.168. The third-order valence-electron chi connectivity index (χ3n) is 2.18. The molecule has 0 saturated carbocycles. The Morgan fingerprint density at radius 1 is 1.33 bits per heavy atom. The van der Waals surface area contributed by atoms with E-state index in [0.29, 0.717) is 19.0 Å². The Morgan fingerprint density at radius 3 is 2.60 bits per heavy atom. The summed E-state index contributed by atoms with van der Waals surface area (Å²) in [7, 11) is 0. The van der Waals surface area contributed by atoms with Gasteiger partial charge in [0.2, 0.25) is 0 Å². The van der Waals surface area contributed by atoms with Crippen LogP contribution in [-0.2, 0) is 6.42 Å². The maximum absolute atomic E-state index is 9.79. The number of hydrogen-bond donors (Lipinski definition) is 2. The Hall–Kier alpha value is -0.380. The minimum atomic E-state index is -0.328. The van der Waals surface area contributed by atoms with Crippen molar-refractivity contribution in [2.75, 3.05) is 6.54 Å². The predicted molar refractivity (Wildman–Crippen MR) is 67.0 cm³/mol. The molecule has 0 amide bonds. The van der Waals surface area contributed by atoms with Gasteiger partial charge >= 0.3 is 0 Å². The van der Waals surface area contributed by atoms with Crippen molar-refractivity contribution in [2.24, 2.45) is 0 Å². The maximum atomic E-state index is 9.79. The Kier molecular flexibility index (Phi) is 5.29. The molecule has 0 radical (unpaired) electrons. The van der Waals surface area contributed by atoms with Gasteiger partial charge < -0.3 is 10.4 Å². The van der Waals surface area contributed by atoms with E-state index < -0.39 is 0 Å². The van der Waals surface area contributed by atoms with E-state index in [-0.39, 0.29) is 6.10 Å². The van der Waals surface area contributed by atoms with Crippen molar-refractivity contribution >= 4 is 15.9 Å². The van der Waals surface area contributed by atoms with Gasteiger partial charge in [0.1, 0.15) is 0 Å². The summed E-state index contributed by atoms with van der Waals surface area (Å²) in [5.74, 6) is 0. The molecule has 0 heterocycles. The molecule has 2 nitrogen and oxygen atoms in total. The number of halogens is 1. The standard InChI is InChI=1S/C12H18BrNO/c1-9(2)14-8-11(15)7-10-5-3-4-6-12(10)13/h3-6,9,11,14-15H,7-8H2,1-2H3. The van der Waals surface area contributed by atoms with Crippen LogP contribution in [0.5, 0.6) is 0 Å². The molecule has 0 aliphatic rings. The Balaban J connectivity index is 2.44. The molecule has 0 aliphatic heterocycles. The quantitative estimate of drug-likeness (QED) is 0.862. The highest BCUT2D eigenvalue weighted by Crippen LogP contribution is 2.17. The van der Waals surface area contributed by atoms with Gasteiger partial charge in [-0.05, 0) is 11.6 Å². The molecule has 1 unspecified atom stereocenters. The summed E-state index contributed by atoms with van der Waals surface area (Å²) < 4.78 is 1.06. The van der Waals surface area contributed by atoms with E-state index in [1.54, 1.807) is 0 Å². The fourth-order valence-electron chi connectivity index (χ4n) is 1.36. The van der Waals surface area contributed by atoms with E-state index in [4.69, 9.17) is 0 Å². The molecule has 15 heavy (non-hydrogen) atoms. The lowest BCUT2D eigenvalue weighted by Gasteiger charge is -2.14. The minimum absolute atomic E-state index is 0.328. The van der Waals surface area contributed by atoms with Crippen molar-refractivity contribution in [3.8, 4) is 0 Å². The Morgan fingerprint density at radius 2 is 2.00 bits per heavy atom. The van der Waals surface area contributed by atoms with Gasteiger partial charge in [-0.2, -0.15) is 0 Å². The Bertz CT molecular complexity index is 301. The second-order valence-corrected chi connectivity index (χ2v) is 4.87. The molecule has 0 spiro atoms. The molecule has 1 atom stereocenters. The topological polar surface area (TPSA) is 32.3 Å². The largest absolute Gasteiger partial charge is 0.391 e. The zero-order chi connectivity index (χ0) is 11.3. The highest BCUT2D eigenvalue weighted by atomic mass is 79.9. The predicted octanol–water partition coefficient (Wildman–Crippen LogP) is 2.35. The second kappa shape index (κ2) is 6.26. The van der Waals surface area contributed by atoms with Crippen LogP contribution in [0.15, 0.2) is 28.7 Å². The molecule has 84 valence electrons. The summed E-state index contributed by atoms with van der Waals surface area (Å²) >= 11 is 3.47. The van der Waals surface area contributed by atoms with Gasteiger partial charge in [0.25, 0.3) is 0 Å². The second-order valence-electron chi connectivity index (χ2n) is 4.01. The summed E-state index contributed by atoms with van der Waals surface area (Å²) in [5.41, 5.74) is 1.15. The summed E-state index contributed by atoms with van der Waals surface area (Å²) in [6.45, 7) is 4.79. The SMILES string of the molecule is CC(C)NCC(O)Cc1ccccc1Br. The van der Waals surface area contributed by atoms with Crippen molar-refractivity contribution in [1.29, 1.82) is 0 Å². The van der Waals surface area contributed by atoms with Crippen LogP contribution < -0.4 is 5.32 Å². The van der Waals surface area contributed by atoms with Crippen molar-refractivity contribution in [2.45, 2.75) is 32.4 Å². The molecule has 2 N–H and O–H groups in total. The first kappa shape index (κ1) is 12.7. The van der Waals surface area contributed by atoms with Crippen LogP contribution in [0.4, 0.5) is 0 Å². The van der Waals surface area contributed by atoms with Crippen LogP contribution in [0, 0.1) is 0 Å². The van der Waals surface area contributed by atoms with E-state index in [1.807, 2.05) is 24.3 Å². The number of nitrogens with one attached hydrogen (secondary N) is 1. The van der Waals surface area contributed by atoms with Crippen molar-refractivity contribution in [3.63, 3.8) is 0 Å². The van der Waals surface area contributed by atoms with Crippen LogP contribution in [0.3, 0.4) is 0 Å². The maximum Gasteiger partial charge on any atom is 0.0705 e. The Labute approximate surface area is 99.8 Å². The fraction of sp³-hybridized carbons (Fsp3) is 0.500. The van der Waals surface area contributed by atoms with E-state index in [2.05, 4.69) is 35.1 Å². The third kappa shape index (κ3) is 4.78. The fourth-order valence-corrected chi connectivity index (χ4v) is 1.81. The number of benzene rings is 1. The van der Waals surface area contributed by atoms with Crippen molar-refractivity contribution in [3.05, 3.63) is 34.3 Å². The number of aliphatic hydroxyl groups is 1. The molecule has 1 rings (SSSR count). The molecule has 0 fully saturated rings. The average molecular weight is 272 g/mol. The lowest BCUT2D eigenvalue weighted by Crippen LogP contribution is -2.33. The molecular weight excluding hydrogens is 254 g/mol. The third-order valence-corrected chi connectivity index (χ3v) is 2.95. The van der Waals surface area contributed by atoms with E-state index in [0.717, 1.165) is 10.0 Å².